The number of rotatable bonds is 4. The van der Waals surface area contributed by atoms with E-state index in [4.69, 9.17) is 5.73 Å². The highest BCUT2D eigenvalue weighted by Gasteiger charge is 2.27. The fourth-order valence-electron chi connectivity index (χ4n) is 2.29. The second-order valence-corrected chi connectivity index (χ2v) is 4.91. The van der Waals surface area contributed by atoms with Gasteiger partial charge in [0, 0.05) is 12.1 Å². The molecule has 94 valence electrons. The lowest BCUT2D eigenvalue weighted by atomic mass is 10.00. The molecule has 1 heterocycles. The SMILES string of the molecule is CCC[C@@H](N)C(=O)NN1C(C)CCCC1C. The molecule has 0 aromatic heterocycles. The van der Waals surface area contributed by atoms with Gasteiger partial charge in [-0.15, -0.1) is 0 Å². The molecule has 0 aromatic carbocycles. The highest BCUT2D eigenvalue weighted by Crippen LogP contribution is 2.20. The van der Waals surface area contributed by atoms with Gasteiger partial charge in [0.2, 0.25) is 0 Å². The molecule has 2 unspecified atom stereocenters. The predicted octanol–water partition coefficient (Wildman–Crippen LogP) is 1.41. The summed E-state index contributed by atoms with van der Waals surface area (Å²) in [6, 6.07) is 0.467. The summed E-state index contributed by atoms with van der Waals surface area (Å²) in [4.78, 5) is 11.8. The van der Waals surface area contributed by atoms with Gasteiger partial charge in [0.15, 0.2) is 0 Å². The average molecular weight is 227 g/mol. The van der Waals surface area contributed by atoms with Crippen molar-refractivity contribution in [2.45, 2.75) is 71.0 Å². The van der Waals surface area contributed by atoms with Crippen molar-refractivity contribution < 1.29 is 4.79 Å². The molecule has 0 spiro atoms. The van der Waals surface area contributed by atoms with Crippen LogP contribution in [0.1, 0.15) is 52.9 Å². The molecule has 1 rings (SSSR count). The number of amides is 1. The Morgan fingerprint density at radius 1 is 1.44 bits per heavy atom. The van der Waals surface area contributed by atoms with Crippen molar-refractivity contribution in [1.82, 2.24) is 10.4 Å². The number of hydrogen-bond donors (Lipinski definition) is 2. The van der Waals surface area contributed by atoms with Gasteiger partial charge in [-0.05, 0) is 33.1 Å². The predicted molar refractivity (Wildman–Crippen MR) is 65.6 cm³/mol. The van der Waals surface area contributed by atoms with Crippen molar-refractivity contribution >= 4 is 5.91 Å². The molecule has 1 saturated heterocycles. The van der Waals surface area contributed by atoms with Crippen LogP contribution in [-0.4, -0.2) is 29.0 Å². The summed E-state index contributed by atoms with van der Waals surface area (Å²) >= 11 is 0. The molecule has 4 heteroatoms. The zero-order valence-corrected chi connectivity index (χ0v) is 10.7. The summed E-state index contributed by atoms with van der Waals surface area (Å²) in [5.74, 6) is -0.0394. The summed E-state index contributed by atoms with van der Waals surface area (Å²) in [5.41, 5.74) is 8.77. The Balaban J connectivity index is 2.47. The van der Waals surface area contributed by atoms with Crippen LogP contribution in [0.2, 0.25) is 0 Å². The molecule has 0 aliphatic carbocycles. The van der Waals surface area contributed by atoms with Crippen molar-refractivity contribution in [2.75, 3.05) is 0 Å². The smallest absolute Gasteiger partial charge is 0.251 e. The van der Waals surface area contributed by atoms with Gasteiger partial charge in [-0.3, -0.25) is 10.2 Å². The Hall–Kier alpha value is -0.610. The van der Waals surface area contributed by atoms with Gasteiger partial charge in [-0.2, -0.15) is 0 Å². The minimum absolute atomic E-state index is 0.0394. The lowest BCUT2D eigenvalue weighted by Gasteiger charge is -2.39. The first-order valence-electron chi connectivity index (χ1n) is 6.40. The zero-order chi connectivity index (χ0) is 12.1. The summed E-state index contributed by atoms with van der Waals surface area (Å²) in [7, 11) is 0. The molecule has 3 N–H and O–H groups in total. The summed E-state index contributed by atoms with van der Waals surface area (Å²) in [6.45, 7) is 6.35. The van der Waals surface area contributed by atoms with E-state index in [1.165, 1.54) is 6.42 Å². The van der Waals surface area contributed by atoms with Crippen molar-refractivity contribution in [3.05, 3.63) is 0 Å². The highest BCUT2D eigenvalue weighted by atomic mass is 16.2. The molecule has 4 nitrogen and oxygen atoms in total. The number of nitrogens with one attached hydrogen (secondary N) is 1. The zero-order valence-electron chi connectivity index (χ0n) is 10.7. The third-order valence-corrected chi connectivity index (χ3v) is 3.37. The molecule has 1 aliphatic rings. The van der Waals surface area contributed by atoms with Crippen LogP contribution in [0.25, 0.3) is 0 Å². The standard InChI is InChI=1S/C12H25N3O/c1-4-6-11(13)12(16)14-15-9(2)7-5-8-10(15)3/h9-11H,4-8,13H2,1-3H3,(H,14,16)/t9?,10?,11-/m1/s1. The minimum atomic E-state index is -0.369. The molecular weight excluding hydrogens is 202 g/mol. The van der Waals surface area contributed by atoms with E-state index in [-0.39, 0.29) is 11.9 Å². The number of nitrogens with two attached hydrogens (primary N) is 1. The number of carbonyl (C=O) groups is 1. The van der Waals surface area contributed by atoms with Gasteiger partial charge in [-0.25, -0.2) is 5.01 Å². The third kappa shape index (κ3) is 3.46. The van der Waals surface area contributed by atoms with Crippen LogP contribution < -0.4 is 11.2 Å². The van der Waals surface area contributed by atoms with E-state index in [0.29, 0.717) is 12.1 Å². The van der Waals surface area contributed by atoms with E-state index < -0.39 is 0 Å². The van der Waals surface area contributed by atoms with Gasteiger partial charge in [0.05, 0.1) is 6.04 Å². The molecular formula is C12H25N3O. The highest BCUT2D eigenvalue weighted by molar-refractivity contribution is 5.80. The summed E-state index contributed by atoms with van der Waals surface area (Å²) < 4.78 is 0. The van der Waals surface area contributed by atoms with E-state index in [9.17, 15) is 4.79 Å². The maximum Gasteiger partial charge on any atom is 0.251 e. The average Bonchev–Trinajstić information content (AvgIpc) is 2.23. The van der Waals surface area contributed by atoms with E-state index in [0.717, 1.165) is 25.7 Å². The van der Waals surface area contributed by atoms with Crippen molar-refractivity contribution in [1.29, 1.82) is 0 Å². The van der Waals surface area contributed by atoms with Crippen LogP contribution >= 0.6 is 0 Å². The third-order valence-electron chi connectivity index (χ3n) is 3.37. The first-order chi connectivity index (χ1) is 7.56. The molecule has 0 radical (unpaired) electrons. The van der Waals surface area contributed by atoms with Crippen LogP contribution in [0.5, 0.6) is 0 Å². The quantitative estimate of drug-likeness (QED) is 0.763. The Morgan fingerprint density at radius 2 is 2.00 bits per heavy atom. The lowest BCUT2D eigenvalue weighted by Crippen LogP contribution is -2.57. The topological polar surface area (TPSA) is 58.4 Å². The van der Waals surface area contributed by atoms with Gasteiger partial charge < -0.3 is 5.73 Å². The number of piperidine rings is 1. The monoisotopic (exact) mass is 227 g/mol. The normalized spacial score (nSPS) is 28.8. The maximum absolute atomic E-state index is 11.8. The first-order valence-corrected chi connectivity index (χ1v) is 6.40. The molecule has 0 aromatic rings. The van der Waals surface area contributed by atoms with Crippen LogP contribution in [0, 0.1) is 0 Å². The maximum atomic E-state index is 11.8. The van der Waals surface area contributed by atoms with Crippen LogP contribution in [0.15, 0.2) is 0 Å². The van der Waals surface area contributed by atoms with E-state index in [2.05, 4.69) is 24.3 Å². The van der Waals surface area contributed by atoms with Gasteiger partial charge >= 0.3 is 0 Å². The van der Waals surface area contributed by atoms with E-state index in [1.54, 1.807) is 0 Å². The Labute approximate surface area is 98.5 Å². The molecule has 1 fully saturated rings. The molecule has 16 heavy (non-hydrogen) atoms. The number of hydrogen-bond acceptors (Lipinski definition) is 3. The number of hydrazine groups is 1. The fraction of sp³-hybridized carbons (Fsp3) is 0.917. The van der Waals surface area contributed by atoms with Crippen LogP contribution in [0.4, 0.5) is 0 Å². The Bertz CT molecular complexity index is 222. The fourth-order valence-corrected chi connectivity index (χ4v) is 2.29. The van der Waals surface area contributed by atoms with Gasteiger partial charge in [-0.1, -0.05) is 19.8 Å². The second kappa shape index (κ2) is 6.21. The number of carbonyl (C=O) groups excluding carboxylic acids is 1. The second-order valence-electron chi connectivity index (χ2n) is 4.91. The van der Waals surface area contributed by atoms with Crippen LogP contribution in [-0.2, 0) is 4.79 Å². The lowest BCUT2D eigenvalue weighted by molar-refractivity contribution is -0.130. The summed E-state index contributed by atoms with van der Waals surface area (Å²) in [5, 5.41) is 2.07. The van der Waals surface area contributed by atoms with Crippen molar-refractivity contribution in [2.24, 2.45) is 5.73 Å². The van der Waals surface area contributed by atoms with Gasteiger partial charge in [0.25, 0.3) is 5.91 Å². The van der Waals surface area contributed by atoms with E-state index >= 15 is 0 Å². The molecule has 0 saturated carbocycles. The molecule has 1 amide bonds. The Kier molecular flexibility index (Phi) is 5.22. The largest absolute Gasteiger partial charge is 0.320 e. The first kappa shape index (κ1) is 13.5. The minimum Gasteiger partial charge on any atom is -0.320 e. The Morgan fingerprint density at radius 3 is 2.50 bits per heavy atom. The molecule has 1 aliphatic heterocycles. The molecule has 3 atom stereocenters. The number of nitrogens with zero attached hydrogens (tertiary/aromatic N) is 1. The van der Waals surface area contributed by atoms with Crippen molar-refractivity contribution in [3.8, 4) is 0 Å². The van der Waals surface area contributed by atoms with E-state index in [1.807, 2.05) is 6.92 Å². The van der Waals surface area contributed by atoms with Gasteiger partial charge in [0.1, 0.15) is 0 Å². The van der Waals surface area contributed by atoms with Crippen molar-refractivity contribution in [3.63, 3.8) is 0 Å². The molecule has 0 bridgehead atoms. The summed E-state index contributed by atoms with van der Waals surface area (Å²) in [6.07, 6.45) is 5.24. The van der Waals surface area contributed by atoms with Crippen LogP contribution in [0.3, 0.4) is 0 Å².